The molecule has 1 aliphatic heterocycles. The molecule has 1 fully saturated rings. The molecular weight excluding hydrogens is 425 g/mol. The maximum atomic E-state index is 14.2. The SMILES string of the molecule is Cc1ccc(C(=O)N(CCN2CCOCC2)c2nc3c(F)cccc3s2)cc1C.Cl. The molecule has 160 valence electrons. The van der Waals surface area contributed by atoms with E-state index in [2.05, 4.69) is 9.88 Å². The number of amides is 1. The molecule has 8 heteroatoms. The molecule has 0 unspecified atom stereocenters. The van der Waals surface area contributed by atoms with Crippen LogP contribution in [-0.4, -0.2) is 55.2 Å². The molecule has 30 heavy (non-hydrogen) atoms. The Balaban J connectivity index is 0.00000256. The predicted octanol–water partition coefficient (Wildman–Crippen LogP) is 4.45. The lowest BCUT2D eigenvalue weighted by Crippen LogP contribution is -2.43. The number of benzene rings is 2. The topological polar surface area (TPSA) is 45.7 Å². The van der Waals surface area contributed by atoms with Gasteiger partial charge >= 0.3 is 0 Å². The molecule has 5 nitrogen and oxygen atoms in total. The Bertz CT molecular complexity index is 1040. The van der Waals surface area contributed by atoms with Crippen molar-refractivity contribution < 1.29 is 13.9 Å². The first-order valence-electron chi connectivity index (χ1n) is 9.77. The average Bonchev–Trinajstić information content (AvgIpc) is 3.16. The van der Waals surface area contributed by atoms with Gasteiger partial charge in [-0.1, -0.05) is 23.5 Å². The van der Waals surface area contributed by atoms with E-state index in [4.69, 9.17) is 4.74 Å². The summed E-state index contributed by atoms with van der Waals surface area (Å²) in [6.45, 7) is 8.34. The fourth-order valence-electron chi connectivity index (χ4n) is 3.40. The summed E-state index contributed by atoms with van der Waals surface area (Å²) in [6.07, 6.45) is 0. The van der Waals surface area contributed by atoms with Gasteiger partial charge in [0.2, 0.25) is 0 Å². The number of hydrogen-bond acceptors (Lipinski definition) is 5. The van der Waals surface area contributed by atoms with Crippen molar-refractivity contribution in [1.82, 2.24) is 9.88 Å². The van der Waals surface area contributed by atoms with Crippen LogP contribution in [0.2, 0.25) is 0 Å². The molecule has 1 saturated heterocycles. The molecule has 4 rings (SSSR count). The van der Waals surface area contributed by atoms with Crippen LogP contribution < -0.4 is 4.90 Å². The van der Waals surface area contributed by atoms with Crippen LogP contribution >= 0.6 is 23.7 Å². The molecule has 0 aliphatic carbocycles. The number of aryl methyl sites for hydroxylation is 2. The van der Waals surface area contributed by atoms with Gasteiger partial charge in [-0.05, 0) is 49.2 Å². The number of fused-ring (bicyclic) bond motifs is 1. The summed E-state index contributed by atoms with van der Waals surface area (Å²) in [7, 11) is 0. The van der Waals surface area contributed by atoms with Crippen LogP contribution in [0, 0.1) is 19.7 Å². The lowest BCUT2D eigenvalue weighted by atomic mass is 10.1. The summed E-state index contributed by atoms with van der Waals surface area (Å²) in [5.74, 6) is -0.474. The summed E-state index contributed by atoms with van der Waals surface area (Å²) in [6, 6.07) is 10.6. The first kappa shape index (κ1) is 22.6. The van der Waals surface area contributed by atoms with Crippen molar-refractivity contribution in [1.29, 1.82) is 0 Å². The molecule has 0 bridgehead atoms. The average molecular weight is 450 g/mol. The van der Waals surface area contributed by atoms with Gasteiger partial charge in [0.1, 0.15) is 11.3 Å². The van der Waals surface area contributed by atoms with E-state index in [9.17, 15) is 9.18 Å². The van der Waals surface area contributed by atoms with Crippen LogP contribution in [0.3, 0.4) is 0 Å². The van der Waals surface area contributed by atoms with E-state index in [0.717, 1.165) is 35.5 Å². The quantitative estimate of drug-likeness (QED) is 0.577. The normalized spacial score (nSPS) is 14.5. The number of ether oxygens (including phenoxy) is 1. The number of para-hydroxylation sites is 1. The molecule has 2 heterocycles. The van der Waals surface area contributed by atoms with Gasteiger partial charge in [-0.15, -0.1) is 12.4 Å². The van der Waals surface area contributed by atoms with Crippen LogP contribution in [0.25, 0.3) is 10.2 Å². The van der Waals surface area contributed by atoms with Crippen LogP contribution in [0.4, 0.5) is 9.52 Å². The minimum Gasteiger partial charge on any atom is -0.379 e. The maximum absolute atomic E-state index is 14.2. The standard InChI is InChI=1S/C22H24FN3O2S.ClH/c1-15-6-7-17(14-16(15)2)21(27)26(9-8-25-10-12-28-13-11-25)22-24-20-18(23)4-3-5-19(20)29-22;/h3-7,14H,8-13H2,1-2H3;1H. The maximum Gasteiger partial charge on any atom is 0.260 e. The molecule has 2 aromatic carbocycles. The summed E-state index contributed by atoms with van der Waals surface area (Å²) in [5.41, 5.74) is 3.15. The Kier molecular flexibility index (Phi) is 7.41. The highest BCUT2D eigenvalue weighted by Gasteiger charge is 2.23. The smallest absolute Gasteiger partial charge is 0.260 e. The van der Waals surface area contributed by atoms with Crippen molar-refractivity contribution in [2.75, 3.05) is 44.3 Å². The van der Waals surface area contributed by atoms with E-state index in [1.165, 1.54) is 17.4 Å². The summed E-state index contributed by atoms with van der Waals surface area (Å²) in [4.78, 5) is 21.8. The summed E-state index contributed by atoms with van der Waals surface area (Å²) < 4.78 is 20.3. The van der Waals surface area contributed by atoms with Gasteiger partial charge in [0.15, 0.2) is 5.13 Å². The monoisotopic (exact) mass is 449 g/mol. The van der Waals surface area contributed by atoms with Gasteiger partial charge < -0.3 is 4.74 Å². The van der Waals surface area contributed by atoms with Gasteiger partial charge in [0.05, 0.1) is 17.9 Å². The predicted molar refractivity (Wildman–Crippen MR) is 122 cm³/mol. The van der Waals surface area contributed by atoms with Crippen molar-refractivity contribution in [2.45, 2.75) is 13.8 Å². The molecule has 1 amide bonds. The molecular formula is C22H25ClFN3O2S. The number of rotatable bonds is 5. The van der Waals surface area contributed by atoms with Crippen molar-refractivity contribution >= 4 is 45.0 Å². The van der Waals surface area contributed by atoms with Crippen LogP contribution in [0.5, 0.6) is 0 Å². The molecule has 1 aromatic heterocycles. The number of morpholine rings is 1. The van der Waals surface area contributed by atoms with Gasteiger partial charge in [-0.3, -0.25) is 14.6 Å². The number of anilines is 1. The number of carbonyl (C=O) groups excluding carboxylic acids is 1. The van der Waals surface area contributed by atoms with Crippen LogP contribution in [-0.2, 0) is 4.74 Å². The van der Waals surface area contributed by atoms with Gasteiger partial charge in [-0.2, -0.15) is 0 Å². The Hall–Kier alpha value is -2.06. The highest BCUT2D eigenvalue weighted by atomic mass is 35.5. The van der Waals surface area contributed by atoms with E-state index in [0.29, 0.717) is 36.0 Å². The molecule has 0 spiro atoms. The first-order valence-corrected chi connectivity index (χ1v) is 10.6. The van der Waals surface area contributed by atoms with Crippen molar-refractivity contribution in [3.8, 4) is 0 Å². The molecule has 0 saturated carbocycles. The largest absolute Gasteiger partial charge is 0.379 e. The highest BCUT2D eigenvalue weighted by molar-refractivity contribution is 7.22. The third-order valence-electron chi connectivity index (χ3n) is 5.33. The molecule has 3 aromatic rings. The van der Waals surface area contributed by atoms with Crippen LogP contribution in [0.15, 0.2) is 36.4 Å². The molecule has 1 aliphatic rings. The Morgan fingerprint density at radius 3 is 2.67 bits per heavy atom. The van der Waals surface area contributed by atoms with Crippen molar-refractivity contribution in [2.24, 2.45) is 0 Å². The van der Waals surface area contributed by atoms with E-state index in [1.807, 2.05) is 38.1 Å². The fraction of sp³-hybridized carbons (Fsp3) is 0.364. The Morgan fingerprint density at radius 2 is 1.97 bits per heavy atom. The number of carbonyl (C=O) groups is 1. The van der Waals surface area contributed by atoms with Crippen LogP contribution in [0.1, 0.15) is 21.5 Å². The number of thiazole rings is 1. The lowest BCUT2D eigenvalue weighted by molar-refractivity contribution is 0.0391. The van der Waals surface area contributed by atoms with E-state index >= 15 is 0 Å². The number of hydrogen-bond donors (Lipinski definition) is 0. The second kappa shape index (κ2) is 9.83. The second-order valence-electron chi connectivity index (χ2n) is 7.29. The lowest BCUT2D eigenvalue weighted by Gasteiger charge is -2.29. The molecule has 0 N–H and O–H groups in total. The highest BCUT2D eigenvalue weighted by Crippen LogP contribution is 2.31. The third kappa shape index (κ3) is 4.81. The van der Waals surface area contributed by atoms with Crippen molar-refractivity contribution in [3.05, 3.63) is 58.9 Å². The van der Waals surface area contributed by atoms with Gasteiger partial charge in [0.25, 0.3) is 5.91 Å². The van der Waals surface area contributed by atoms with Gasteiger partial charge in [-0.25, -0.2) is 9.37 Å². The minimum absolute atomic E-state index is 0. The first-order chi connectivity index (χ1) is 14.0. The molecule has 0 radical (unpaired) electrons. The minimum atomic E-state index is -0.364. The second-order valence-corrected chi connectivity index (χ2v) is 8.30. The number of nitrogens with zero attached hydrogens (tertiary/aromatic N) is 3. The summed E-state index contributed by atoms with van der Waals surface area (Å²) >= 11 is 1.35. The van der Waals surface area contributed by atoms with Crippen molar-refractivity contribution in [3.63, 3.8) is 0 Å². The number of halogens is 2. The number of aromatic nitrogens is 1. The van der Waals surface area contributed by atoms with E-state index < -0.39 is 0 Å². The van der Waals surface area contributed by atoms with Gasteiger partial charge in [0, 0.05) is 31.7 Å². The Morgan fingerprint density at radius 1 is 1.20 bits per heavy atom. The molecule has 0 atom stereocenters. The zero-order valence-corrected chi connectivity index (χ0v) is 18.7. The zero-order valence-electron chi connectivity index (χ0n) is 17.1. The third-order valence-corrected chi connectivity index (χ3v) is 6.38. The Labute approximate surface area is 185 Å². The fourth-order valence-corrected chi connectivity index (χ4v) is 4.40. The zero-order chi connectivity index (χ0) is 20.4. The van der Waals surface area contributed by atoms with E-state index in [1.54, 1.807) is 11.0 Å². The van der Waals surface area contributed by atoms with E-state index in [-0.39, 0.29) is 24.1 Å². The summed E-state index contributed by atoms with van der Waals surface area (Å²) in [5, 5.41) is 0.529.